The molecule has 0 aliphatic heterocycles. The normalized spacial score (nSPS) is 11.6. The maximum atomic E-state index is 9.20. The molecule has 180 valence electrons. The molecule has 0 saturated heterocycles. The van der Waals surface area contributed by atoms with E-state index in [9.17, 15) is 5.11 Å². The van der Waals surface area contributed by atoms with E-state index in [2.05, 4.69) is 31.0 Å². The fraction of sp³-hybridized carbons (Fsp3) is 0.308. The van der Waals surface area contributed by atoms with Crippen LogP contribution in [-0.4, -0.2) is 47.6 Å². The van der Waals surface area contributed by atoms with Gasteiger partial charge in [-0.3, -0.25) is 4.68 Å². The minimum Gasteiger partial charge on any atom is -0.477 e. The number of aryl methyl sites for hydroxylation is 1. The quantitative estimate of drug-likeness (QED) is 0.281. The molecule has 0 atom stereocenters. The van der Waals surface area contributed by atoms with Gasteiger partial charge >= 0.3 is 0 Å². The molecule has 0 radical (unpaired) electrons. The lowest BCUT2D eigenvalue weighted by Gasteiger charge is -2.11. The molecule has 0 spiro atoms. The van der Waals surface area contributed by atoms with Crippen LogP contribution in [0.1, 0.15) is 32.7 Å². The molecule has 5 rings (SSSR count). The molecule has 0 fully saturated rings. The van der Waals surface area contributed by atoms with Gasteiger partial charge in [0, 0.05) is 43.9 Å². The van der Waals surface area contributed by atoms with Crippen molar-refractivity contribution in [2.75, 3.05) is 13.2 Å². The molecule has 4 aromatic heterocycles. The van der Waals surface area contributed by atoms with E-state index in [0.717, 1.165) is 38.3 Å². The van der Waals surface area contributed by atoms with Crippen LogP contribution in [0.5, 0.6) is 5.88 Å². The Balaban J connectivity index is 1.75. The summed E-state index contributed by atoms with van der Waals surface area (Å²) in [4.78, 5) is 16.1. The maximum absolute atomic E-state index is 9.20. The second-order valence-corrected chi connectivity index (χ2v) is 9.62. The van der Waals surface area contributed by atoms with E-state index < -0.39 is 0 Å². The van der Waals surface area contributed by atoms with Gasteiger partial charge in [-0.2, -0.15) is 10.1 Å². The number of rotatable bonds is 9. The van der Waals surface area contributed by atoms with Gasteiger partial charge in [0.15, 0.2) is 5.82 Å². The minimum absolute atomic E-state index is 0.136. The summed E-state index contributed by atoms with van der Waals surface area (Å²) in [5.74, 6) is 1.71. The van der Waals surface area contributed by atoms with Gasteiger partial charge in [0.05, 0.1) is 16.9 Å². The van der Waals surface area contributed by atoms with Crippen molar-refractivity contribution < 1.29 is 9.84 Å². The lowest BCUT2D eigenvalue weighted by molar-refractivity contribution is 0.250. The van der Waals surface area contributed by atoms with E-state index in [-0.39, 0.29) is 12.6 Å². The van der Waals surface area contributed by atoms with Crippen LogP contribution in [-0.2, 0) is 7.05 Å². The SMILES string of the molecule is CC(C)n1ccc(-c2sc3nc(-c4nccn4C)nc(OCCCCO)c3c2-c2ccccc2)n1. The number of aliphatic hydroxyl groups is 1. The molecule has 4 heterocycles. The van der Waals surface area contributed by atoms with E-state index in [4.69, 9.17) is 19.8 Å². The van der Waals surface area contributed by atoms with Crippen LogP contribution >= 0.6 is 11.3 Å². The Kier molecular flexibility index (Phi) is 6.61. The summed E-state index contributed by atoms with van der Waals surface area (Å²) in [6.07, 6.45) is 7.02. The molecule has 0 amide bonds. The highest BCUT2D eigenvalue weighted by Gasteiger charge is 2.25. The smallest absolute Gasteiger partial charge is 0.226 e. The highest BCUT2D eigenvalue weighted by atomic mass is 32.1. The zero-order valence-corrected chi connectivity index (χ0v) is 20.9. The van der Waals surface area contributed by atoms with Gasteiger partial charge in [-0.25, -0.2) is 9.97 Å². The third-order valence-corrected chi connectivity index (χ3v) is 6.87. The second-order valence-electron chi connectivity index (χ2n) is 8.62. The number of aliphatic hydroxyl groups excluding tert-OH is 1. The number of ether oxygens (including phenoxy) is 1. The first-order chi connectivity index (χ1) is 17.1. The summed E-state index contributed by atoms with van der Waals surface area (Å²) < 4.78 is 10.1. The Morgan fingerprint density at radius 2 is 1.89 bits per heavy atom. The summed E-state index contributed by atoms with van der Waals surface area (Å²) in [5.41, 5.74) is 2.97. The van der Waals surface area contributed by atoms with Crippen molar-refractivity contribution in [1.29, 1.82) is 0 Å². The average Bonchev–Trinajstić information content (AvgIpc) is 3.60. The van der Waals surface area contributed by atoms with Crippen LogP contribution in [0.3, 0.4) is 0 Å². The first-order valence-electron chi connectivity index (χ1n) is 11.7. The number of thiophene rings is 1. The lowest BCUT2D eigenvalue weighted by atomic mass is 10.0. The minimum atomic E-state index is 0.136. The van der Waals surface area contributed by atoms with Gasteiger partial charge in [-0.1, -0.05) is 30.3 Å². The standard InChI is InChI=1S/C26H28N6O2S/c1-17(2)32-13-11-19(30-32)22-20(18-9-5-4-6-10-18)21-25(34-16-8-7-15-33)28-23(29-26(21)35-22)24-27-12-14-31(24)3/h4-6,9-14,17,33H,7-8,15-16H2,1-3H3. The Labute approximate surface area is 207 Å². The molecule has 1 N–H and O–H groups in total. The Bertz CT molecular complexity index is 1440. The van der Waals surface area contributed by atoms with E-state index in [1.54, 1.807) is 17.5 Å². The van der Waals surface area contributed by atoms with Crippen molar-refractivity contribution in [3.63, 3.8) is 0 Å². The molecule has 1 aromatic carbocycles. The van der Waals surface area contributed by atoms with E-state index in [0.29, 0.717) is 30.6 Å². The van der Waals surface area contributed by atoms with Crippen LogP contribution in [0, 0.1) is 0 Å². The van der Waals surface area contributed by atoms with Crippen molar-refractivity contribution in [2.45, 2.75) is 32.7 Å². The fourth-order valence-electron chi connectivity index (χ4n) is 3.95. The van der Waals surface area contributed by atoms with Crippen molar-refractivity contribution in [1.82, 2.24) is 29.3 Å². The van der Waals surface area contributed by atoms with Gasteiger partial charge in [-0.15, -0.1) is 11.3 Å². The van der Waals surface area contributed by atoms with Crippen LogP contribution in [0.15, 0.2) is 55.0 Å². The Hall–Kier alpha value is -3.56. The summed E-state index contributed by atoms with van der Waals surface area (Å²) in [5, 5.41) is 14.9. The number of aromatic nitrogens is 6. The Morgan fingerprint density at radius 3 is 2.57 bits per heavy atom. The second kappa shape index (κ2) is 9.97. The molecule has 0 saturated carbocycles. The van der Waals surface area contributed by atoms with Crippen LogP contribution in [0.4, 0.5) is 0 Å². The topological polar surface area (TPSA) is 90.9 Å². The first-order valence-corrected chi connectivity index (χ1v) is 12.5. The number of fused-ring (bicyclic) bond motifs is 1. The predicted octanol–water partition coefficient (Wildman–Crippen LogP) is 5.35. The maximum Gasteiger partial charge on any atom is 0.226 e. The van der Waals surface area contributed by atoms with Crippen LogP contribution in [0.2, 0.25) is 0 Å². The number of benzene rings is 1. The molecule has 0 bridgehead atoms. The molecule has 5 aromatic rings. The molecular formula is C26H28N6O2S. The van der Waals surface area contributed by atoms with Crippen molar-refractivity contribution in [2.24, 2.45) is 7.05 Å². The number of nitrogens with zero attached hydrogens (tertiary/aromatic N) is 6. The van der Waals surface area contributed by atoms with Gasteiger partial charge in [0.2, 0.25) is 11.7 Å². The van der Waals surface area contributed by atoms with Gasteiger partial charge in [-0.05, 0) is 38.3 Å². The van der Waals surface area contributed by atoms with Gasteiger partial charge in [0.1, 0.15) is 10.5 Å². The number of hydrogen-bond donors (Lipinski definition) is 1. The number of unbranched alkanes of at least 4 members (excludes halogenated alkanes) is 1. The van der Waals surface area contributed by atoms with Gasteiger partial charge in [0.25, 0.3) is 0 Å². The Morgan fingerprint density at radius 1 is 1.06 bits per heavy atom. The van der Waals surface area contributed by atoms with Crippen molar-refractivity contribution in [3.05, 3.63) is 55.0 Å². The predicted molar refractivity (Wildman–Crippen MR) is 138 cm³/mol. The molecular weight excluding hydrogens is 460 g/mol. The summed E-state index contributed by atoms with van der Waals surface area (Å²) >= 11 is 1.59. The third-order valence-electron chi connectivity index (χ3n) is 5.76. The molecule has 35 heavy (non-hydrogen) atoms. The molecule has 9 heteroatoms. The highest BCUT2D eigenvalue weighted by Crippen LogP contribution is 2.47. The van der Waals surface area contributed by atoms with Gasteiger partial charge < -0.3 is 14.4 Å². The monoisotopic (exact) mass is 488 g/mol. The van der Waals surface area contributed by atoms with Crippen molar-refractivity contribution in [3.8, 4) is 39.2 Å². The van der Waals surface area contributed by atoms with Crippen molar-refractivity contribution >= 4 is 21.6 Å². The van der Waals surface area contributed by atoms with E-state index in [1.807, 2.05) is 53.0 Å². The zero-order chi connectivity index (χ0) is 24.4. The molecule has 0 unspecified atom stereocenters. The average molecular weight is 489 g/mol. The number of imidazole rings is 1. The molecule has 0 aliphatic carbocycles. The zero-order valence-electron chi connectivity index (χ0n) is 20.0. The third kappa shape index (κ3) is 4.56. The molecule has 0 aliphatic rings. The van der Waals surface area contributed by atoms with Crippen LogP contribution in [0.25, 0.3) is 43.6 Å². The summed E-state index contributed by atoms with van der Waals surface area (Å²) in [7, 11) is 1.92. The first kappa shape index (κ1) is 23.2. The van der Waals surface area contributed by atoms with Crippen LogP contribution < -0.4 is 4.74 Å². The summed E-state index contributed by atoms with van der Waals surface area (Å²) in [6, 6.07) is 12.6. The number of hydrogen-bond acceptors (Lipinski definition) is 7. The largest absolute Gasteiger partial charge is 0.477 e. The highest BCUT2D eigenvalue weighted by molar-refractivity contribution is 7.22. The van der Waals surface area contributed by atoms with E-state index in [1.165, 1.54) is 0 Å². The van der Waals surface area contributed by atoms with E-state index >= 15 is 0 Å². The fourth-order valence-corrected chi connectivity index (χ4v) is 5.10. The lowest BCUT2D eigenvalue weighted by Crippen LogP contribution is -2.04. The molecule has 8 nitrogen and oxygen atoms in total. The summed E-state index contributed by atoms with van der Waals surface area (Å²) in [6.45, 7) is 4.82.